The first-order valence-corrected chi connectivity index (χ1v) is 7.41. The van der Waals surface area contributed by atoms with Gasteiger partial charge in [0.1, 0.15) is 16.9 Å². The van der Waals surface area contributed by atoms with Gasteiger partial charge in [-0.05, 0) is 18.9 Å². The zero-order valence-corrected chi connectivity index (χ0v) is 12.7. The number of carbonyl (C=O) groups excluding carboxylic acids is 1. The molecule has 0 N–H and O–H groups in total. The Bertz CT molecular complexity index is 542. The number of nitrogens with zero attached hydrogens (tertiary/aromatic N) is 2. The highest BCUT2D eigenvalue weighted by Gasteiger charge is 2.28. The second-order valence-electron chi connectivity index (χ2n) is 5.08. The van der Waals surface area contributed by atoms with Gasteiger partial charge in [-0.2, -0.15) is 5.26 Å². The molecule has 1 heterocycles. The van der Waals surface area contributed by atoms with Crippen molar-refractivity contribution in [1.29, 1.82) is 5.26 Å². The largest absolute Gasteiger partial charge is 0.442 e. The van der Waals surface area contributed by atoms with Gasteiger partial charge in [-0.1, -0.05) is 42.5 Å². The number of esters is 1. The highest BCUT2D eigenvalue weighted by atomic mass is 35.5. The topological polar surface area (TPSA) is 55.0 Å². The van der Waals surface area contributed by atoms with Crippen LogP contribution in [0.15, 0.2) is 6.07 Å². The number of nitriles is 1. The number of carbonyl (C=O) groups is 1. The first-order chi connectivity index (χ1) is 9.54. The predicted molar refractivity (Wildman–Crippen MR) is 76.8 cm³/mol. The normalized spacial score (nSPS) is 17.5. The molecule has 1 aliphatic carbocycles. The summed E-state index contributed by atoms with van der Waals surface area (Å²) in [5.74, 6) is -0.428. The van der Waals surface area contributed by atoms with Gasteiger partial charge in [0.25, 0.3) is 0 Å². The lowest BCUT2D eigenvalue weighted by atomic mass is 9.85. The number of halogens is 2. The van der Waals surface area contributed by atoms with Crippen LogP contribution in [0.5, 0.6) is 0 Å². The van der Waals surface area contributed by atoms with Crippen molar-refractivity contribution in [2.45, 2.75) is 38.2 Å². The second-order valence-corrected chi connectivity index (χ2v) is 5.85. The SMILES string of the molecule is Cn1c(C(=O)O[C@@H](C#N)C2CCCCC2)cc(Cl)c1Cl. The summed E-state index contributed by atoms with van der Waals surface area (Å²) < 4.78 is 6.80. The zero-order chi connectivity index (χ0) is 14.7. The number of ether oxygens (including phenoxy) is 1. The van der Waals surface area contributed by atoms with Gasteiger partial charge in [0.2, 0.25) is 0 Å². The summed E-state index contributed by atoms with van der Waals surface area (Å²) in [5, 5.41) is 9.80. The summed E-state index contributed by atoms with van der Waals surface area (Å²) >= 11 is 11.8. The van der Waals surface area contributed by atoms with E-state index in [1.165, 1.54) is 17.1 Å². The Morgan fingerprint density at radius 3 is 2.60 bits per heavy atom. The van der Waals surface area contributed by atoms with Gasteiger partial charge in [0.05, 0.1) is 5.02 Å². The minimum atomic E-state index is -0.699. The van der Waals surface area contributed by atoms with Crippen LogP contribution in [0.3, 0.4) is 0 Å². The number of rotatable bonds is 3. The number of hydrogen-bond acceptors (Lipinski definition) is 3. The van der Waals surface area contributed by atoms with Crippen LogP contribution in [-0.2, 0) is 11.8 Å². The zero-order valence-electron chi connectivity index (χ0n) is 11.2. The minimum Gasteiger partial charge on any atom is -0.442 e. The van der Waals surface area contributed by atoms with Crippen LogP contribution in [0.25, 0.3) is 0 Å². The third kappa shape index (κ3) is 3.11. The van der Waals surface area contributed by atoms with Gasteiger partial charge in [0, 0.05) is 13.0 Å². The Morgan fingerprint density at radius 1 is 1.45 bits per heavy atom. The van der Waals surface area contributed by atoms with E-state index in [9.17, 15) is 10.1 Å². The molecule has 0 aromatic carbocycles. The van der Waals surface area contributed by atoms with Crippen molar-refractivity contribution >= 4 is 29.2 Å². The van der Waals surface area contributed by atoms with Gasteiger partial charge in [-0.25, -0.2) is 4.79 Å². The third-order valence-corrected chi connectivity index (χ3v) is 4.61. The lowest BCUT2D eigenvalue weighted by Gasteiger charge is -2.25. The molecule has 0 bridgehead atoms. The van der Waals surface area contributed by atoms with Crippen LogP contribution in [0.1, 0.15) is 42.6 Å². The molecular weight excluding hydrogens is 299 g/mol. The van der Waals surface area contributed by atoms with E-state index in [2.05, 4.69) is 6.07 Å². The molecule has 0 saturated heterocycles. The fraction of sp³-hybridized carbons (Fsp3) is 0.571. The van der Waals surface area contributed by atoms with Gasteiger partial charge < -0.3 is 9.30 Å². The standard InChI is InChI=1S/C14H16Cl2N2O2/c1-18-11(7-10(15)13(18)16)14(19)20-12(8-17)9-5-3-2-4-6-9/h7,9,12H,2-6H2,1H3/t12-/m0/s1. The quantitative estimate of drug-likeness (QED) is 0.793. The van der Waals surface area contributed by atoms with Crippen molar-refractivity contribution in [3.8, 4) is 6.07 Å². The van der Waals surface area contributed by atoms with Crippen molar-refractivity contribution in [2.24, 2.45) is 13.0 Å². The van der Waals surface area contributed by atoms with E-state index in [0.717, 1.165) is 25.7 Å². The number of hydrogen-bond donors (Lipinski definition) is 0. The molecule has 1 aromatic heterocycles. The molecule has 1 saturated carbocycles. The van der Waals surface area contributed by atoms with Crippen LogP contribution in [0.2, 0.25) is 10.2 Å². The molecule has 0 unspecified atom stereocenters. The smallest absolute Gasteiger partial charge is 0.356 e. The minimum absolute atomic E-state index is 0.129. The molecule has 0 spiro atoms. The average Bonchev–Trinajstić information content (AvgIpc) is 2.73. The van der Waals surface area contributed by atoms with Gasteiger partial charge >= 0.3 is 5.97 Å². The molecule has 1 fully saturated rings. The van der Waals surface area contributed by atoms with Crippen molar-refractivity contribution in [3.05, 3.63) is 21.9 Å². The monoisotopic (exact) mass is 314 g/mol. The molecule has 2 rings (SSSR count). The molecule has 108 valence electrons. The van der Waals surface area contributed by atoms with Crippen LogP contribution in [-0.4, -0.2) is 16.6 Å². The van der Waals surface area contributed by atoms with Crippen LogP contribution >= 0.6 is 23.2 Å². The van der Waals surface area contributed by atoms with Gasteiger partial charge in [-0.3, -0.25) is 0 Å². The Hall–Kier alpha value is -1.18. The van der Waals surface area contributed by atoms with E-state index in [4.69, 9.17) is 27.9 Å². The molecule has 20 heavy (non-hydrogen) atoms. The fourth-order valence-electron chi connectivity index (χ4n) is 2.58. The maximum Gasteiger partial charge on any atom is 0.356 e. The van der Waals surface area contributed by atoms with Crippen molar-refractivity contribution in [2.75, 3.05) is 0 Å². The summed E-state index contributed by atoms with van der Waals surface area (Å²) in [6.07, 6.45) is 4.52. The molecule has 1 aliphatic rings. The summed E-state index contributed by atoms with van der Waals surface area (Å²) in [7, 11) is 1.63. The lowest BCUT2D eigenvalue weighted by Crippen LogP contribution is -2.28. The van der Waals surface area contributed by atoms with Crippen molar-refractivity contribution in [1.82, 2.24) is 4.57 Å². The molecular formula is C14H16Cl2N2O2. The van der Waals surface area contributed by atoms with Crippen molar-refractivity contribution < 1.29 is 9.53 Å². The maximum atomic E-state index is 12.1. The molecule has 0 radical (unpaired) electrons. The lowest BCUT2D eigenvalue weighted by molar-refractivity contribution is 0.0236. The maximum absolute atomic E-state index is 12.1. The third-order valence-electron chi connectivity index (χ3n) is 3.76. The summed E-state index contributed by atoms with van der Waals surface area (Å²) in [4.78, 5) is 12.1. The predicted octanol–water partition coefficient (Wildman–Crippen LogP) is 3.96. The Balaban J connectivity index is 2.09. The van der Waals surface area contributed by atoms with Gasteiger partial charge in [0.15, 0.2) is 6.10 Å². The van der Waals surface area contributed by atoms with E-state index in [-0.39, 0.29) is 16.8 Å². The second kappa shape index (κ2) is 6.51. The van der Waals surface area contributed by atoms with Crippen molar-refractivity contribution in [3.63, 3.8) is 0 Å². The van der Waals surface area contributed by atoms with Crippen LogP contribution in [0.4, 0.5) is 0 Å². The van der Waals surface area contributed by atoms with E-state index < -0.39 is 12.1 Å². The van der Waals surface area contributed by atoms with Crippen LogP contribution < -0.4 is 0 Å². The van der Waals surface area contributed by atoms with E-state index in [0.29, 0.717) is 5.02 Å². The highest BCUT2D eigenvalue weighted by molar-refractivity contribution is 6.41. The van der Waals surface area contributed by atoms with E-state index in [1.807, 2.05) is 0 Å². The molecule has 0 amide bonds. The fourth-order valence-corrected chi connectivity index (χ4v) is 2.95. The van der Waals surface area contributed by atoms with Crippen LogP contribution in [0, 0.1) is 17.2 Å². The van der Waals surface area contributed by atoms with Gasteiger partial charge in [-0.15, -0.1) is 0 Å². The Kier molecular flexibility index (Phi) is 4.95. The summed E-state index contributed by atoms with van der Waals surface area (Å²) in [6, 6.07) is 3.55. The number of aromatic nitrogens is 1. The summed E-state index contributed by atoms with van der Waals surface area (Å²) in [5.41, 5.74) is 0.260. The Morgan fingerprint density at radius 2 is 2.10 bits per heavy atom. The molecule has 4 nitrogen and oxygen atoms in total. The van der Waals surface area contributed by atoms with E-state index in [1.54, 1.807) is 7.05 Å². The molecule has 0 aliphatic heterocycles. The first-order valence-electron chi connectivity index (χ1n) is 6.66. The first kappa shape index (κ1) is 15.2. The highest BCUT2D eigenvalue weighted by Crippen LogP contribution is 2.29. The summed E-state index contributed by atoms with van der Waals surface area (Å²) in [6.45, 7) is 0. The Labute approximate surface area is 128 Å². The average molecular weight is 315 g/mol. The molecule has 1 atom stereocenters. The van der Waals surface area contributed by atoms with E-state index >= 15 is 0 Å². The molecule has 6 heteroatoms. The molecule has 1 aromatic rings.